The van der Waals surface area contributed by atoms with Crippen LogP contribution in [0.25, 0.3) is 0 Å². The van der Waals surface area contributed by atoms with Crippen LogP contribution in [0.15, 0.2) is 0 Å². The summed E-state index contributed by atoms with van der Waals surface area (Å²) in [5, 5.41) is 3.70. The molecular formula is C17H30N2OS. The molecular weight excluding hydrogens is 280 g/mol. The second kappa shape index (κ2) is 6.49. The monoisotopic (exact) mass is 310 g/mol. The lowest BCUT2D eigenvalue weighted by atomic mass is 9.83. The molecule has 0 spiro atoms. The topological polar surface area (TPSA) is 32.3 Å². The molecule has 0 radical (unpaired) electrons. The maximum atomic E-state index is 12.9. The number of nitrogens with one attached hydrogen (secondary N) is 1. The van der Waals surface area contributed by atoms with Crippen LogP contribution in [-0.4, -0.2) is 40.6 Å². The van der Waals surface area contributed by atoms with Crippen molar-refractivity contribution < 1.29 is 4.79 Å². The van der Waals surface area contributed by atoms with Crippen molar-refractivity contribution in [3.8, 4) is 0 Å². The van der Waals surface area contributed by atoms with E-state index < -0.39 is 0 Å². The Labute approximate surface area is 133 Å². The molecule has 3 nitrogen and oxygen atoms in total. The van der Waals surface area contributed by atoms with Crippen molar-refractivity contribution in [2.24, 2.45) is 5.92 Å². The van der Waals surface area contributed by atoms with E-state index in [-0.39, 0.29) is 6.04 Å². The Kier molecular flexibility index (Phi) is 4.84. The molecule has 2 saturated carbocycles. The minimum absolute atomic E-state index is 0.0829. The van der Waals surface area contributed by atoms with Gasteiger partial charge in [0.15, 0.2) is 0 Å². The normalized spacial score (nSPS) is 32.7. The molecule has 3 rings (SSSR count). The molecule has 1 amide bonds. The first kappa shape index (κ1) is 15.7. The van der Waals surface area contributed by atoms with Gasteiger partial charge in [0.1, 0.15) is 0 Å². The summed E-state index contributed by atoms with van der Waals surface area (Å²) in [7, 11) is 0. The summed E-state index contributed by atoms with van der Waals surface area (Å²) < 4.78 is 0.356. The molecule has 1 saturated heterocycles. The molecule has 2 atom stereocenters. The summed E-state index contributed by atoms with van der Waals surface area (Å²) in [4.78, 5) is 15.1. The number of thioether (sulfide) groups is 1. The summed E-state index contributed by atoms with van der Waals surface area (Å²) in [6.45, 7) is 3.15. The van der Waals surface area contributed by atoms with Crippen molar-refractivity contribution >= 4 is 17.7 Å². The van der Waals surface area contributed by atoms with Crippen molar-refractivity contribution in [3.05, 3.63) is 0 Å². The number of nitrogens with zero attached hydrogens (tertiary/aromatic N) is 1. The summed E-state index contributed by atoms with van der Waals surface area (Å²) in [6.07, 6.45) is 13.8. The highest BCUT2D eigenvalue weighted by Crippen LogP contribution is 2.45. The quantitative estimate of drug-likeness (QED) is 0.816. The first-order valence-electron chi connectivity index (χ1n) is 8.81. The standard InChI is InChI=1S/C17H30N2OS/c1-3-7-14-16(20)19(12-17(21-2)10-6-11-17)15(18-14)13-8-4-5-9-13/h13-15,18H,3-12H2,1-2H3. The zero-order valence-electron chi connectivity index (χ0n) is 13.6. The molecule has 1 heterocycles. The number of hydrogen-bond acceptors (Lipinski definition) is 3. The van der Waals surface area contributed by atoms with Crippen LogP contribution >= 0.6 is 11.8 Å². The fourth-order valence-corrected chi connectivity index (χ4v) is 5.31. The molecule has 120 valence electrons. The molecule has 4 heteroatoms. The molecule has 3 fully saturated rings. The van der Waals surface area contributed by atoms with Gasteiger partial charge in [-0.3, -0.25) is 10.1 Å². The summed E-state index contributed by atoms with van der Waals surface area (Å²) in [5.41, 5.74) is 0. The van der Waals surface area contributed by atoms with Crippen LogP contribution in [-0.2, 0) is 4.79 Å². The van der Waals surface area contributed by atoms with Crippen molar-refractivity contribution in [2.75, 3.05) is 12.8 Å². The highest BCUT2D eigenvalue weighted by atomic mass is 32.2. The molecule has 0 aromatic carbocycles. The van der Waals surface area contributed by atoms with Crippen LogP contribution in [0.3, 0.4) is 0 Å². The van der Waals surface area contributed by atoms with Gasteiger partial charge in [0.2, 0.25) is 5.91 Å². The van der Waals surface area contributed by atoms with Gasteiger partial charge in [-0.05, 0) is 44.3 Å². The van der Waals surface area contributed by atoms with Gasteiger partial charge in [0, 0.05) is 11.3 Å². The number of rotatable bonds is 6. The molecule has 1 aliphatic heterocycles. The summed E-state index contributed by atoms with van der Waals surface area (Å²) >= 11 is 1.99. The van der Waals surface area contributed by atoms with E-state index in [0.29, 0.717) is 22.7 Å². The van der Waals surface area contributed by atoms with Crippen LogP contribution in [0.5, 0.6) is 0 Å². The second-order valence-corrected chi connectivity index (χ2v) is 8.48. The predicted molar refractivity (Wildman–Crippen MR) is 89.4 cm³/mol. The maximum absolute atomic E-state index is 12.9. The van der Waals surface area contributed by atoms with Crippen molar-refractivity contribution in [2.45, 2.75) is 81.7 Å². The van der Waals surface area contributed by atoms with Gasteiger partial charge in [0.25, 0.3) is 0 Å². The maximum Gasteiger partial charge on any atom is 0.241 e. The highest BCUT2D eigenvalue weighted by molar-refractivity contribution is 8.00. The van der Waals surface area contributed by atoms with Crippen molar-refractivity contribution in [1.82, 2.24) is 10.2 Å². The fraction of sp³-hybridized carbons (Fsp3) is 0.941. The lowest BCUT2D eigenvalue weighted by Crippen LogP contribution is -2.51. The number of carbonyl (C=O) groups excluding carboxylic acids is 1. The fourth-order valence-electron chi connectivity index (χ4n) is 4.35. The van der Waals surface area contributed by atoms with E-state index in [2.05, 4.69) is 23.4 Å². The van der Waals surface area contributed by atoms with Gasteiger partial charge in [0.05, 0.1) is 12.2 Å². The van der Waals surface area contributed by atoms with Crippen molar-refractivity contribution in [1.29, 1.82) is 0 Å². The molecule has 3 aliphatic rings. The van der Waals surface area contributed by atoms with Crippen molar-refractivity contribution in [3.63, 3.8) is 0 Å². The number of carbonyl (C=O) groups is 1. The number of hydrogen-bond donors (Lipinski definition) is 1. The lowest BCUT2D eigenvalue weighted by Gasteiger charge is -2.44. The Hall–Kier alpha value is -0.220. The average Bonchev–Trinajstić information content (AvgIpc) is 3.05. The predicted octanol–water partition coefficient (Wildman–Crippen LogP) is 3.39. The zero-order chi connectivity index (χ0) is 14.9. The number of amides is 1. The zero-order valence-corrected chi connectivity index (χ0v) is 14.4. The minimum Gasteiger partial charge on any atom is -0.324 e. The average molecular weight is 311 g/mol. The van der Waals surface area contributed by atoms with E-state index in [1.54, 1.807) is 0 Å². The van der Waals surface area contributed by atoms with E-state index in [0.717, 1.165) is 19.4 Å². The first-order chi connectivity index (χ1) is 10.2. The van der Waals surface area contributed by atoms with E-state index in [1.165, 1.54) is 44.9 Å². The molecule has 1 N–H and O–H groups in total. The van der Waals surface area contributed by atoms with Crippen LogP contribution in [0.2, 0.25) is 0 Å². The highest BCUT2D eigenvalue weighted by Gasteiger charge is 2.47. The molecule has 2 unspecified atom stereocenters. The third kappa shape index (κ3) is 2.98. The van der Waals surface area contributed by atoms with Gasteiger partial charge >= 0.3 is 0 Å². The van der Waals surface area contributed by atoms with Crippen LogP contribution < -0.4 is 5.32 Å². The first-order valence-corrected chi connectivity index (χ1v) is 10.0. The van der Waals surface area contributed by atoms with E-state index in [4.69, 9.17) is 0 Å². The van der Waals surface area contributed by atoms with Gasteiger partial charge in [-0.25, -0.2) is 0 Å². The summed E-state index contributed by atoms with van der Waals surface area (Å²) in [6, 6.07) is 0.0829. The third-order valence-electron chi connectivity index (χ3n) is 5.87. The molecule has 0 bridgehead atoms. The summed E-state index contributed by atoms with van der Waals surface area (Å²) in [5.74, 6) is 1.07. The van der Waals surface area contributed by atoms with E-state index in [1.807, 2.05) is 11.8 Å². The minimum atomic E-state index is 0.0829. The smallest absolute Gasteiger partial charge is 0.241 e. The van der Waals surface area contributed by atoms with E-state index >= 15 is 0 Å². The van der Waals surface area contributed by atoms with Gasteiger partial charge in [-0.1, -0.05) is 32.6 Å². The molecule has 21 heavy (non-hydrogen) atoms. The van der Waals surface area contributed by atoms with Crippen LogP contribution in [0.4, 0.5) is 0 Å². The Balaban J connectivity index is 1.73. The van der Waals surface area contributed by atoms with Gasteiger partial charge in [-0.15, -0.1) is 0 Å². The molecule has 2 aliphatic carbocycles. The van der Waals surface area contributed by atoms with Gasteiger partial charge in [-0.2, -0.15) is 11.8 Å². The lowest BCUT2D eigenvalue weighted by molar-refractivity contribution is -0.131. The molecule has 0 aromatic rings. The Morgan fingerprint density at radius 1 is 1.29 bits per heavy atom. The Morgan fingerprint density at radius 2 is 2.00 bits per heavy atom. The second-order valence-electron chi connectivity index (χ2n) is 7.20. The van der Waals surface area contributed by atoms with Crippen LogP contribution in [0, 0.1) is 5.92 Å². The Morgan fingerprint density at radius 3 is 2.52 bits per heavy atom. The Bertz CT molecular complexity index is 371. The molecule has 0 aromatic heterocycles. The van der Waals surface area contributed by atoms with E-state index in [9.17, 15) is 4.79 Å². The SMILES string of the molecule is CCCC1NC(C2CCCC2)N(CC2(SC)CCC2)C1=O. The van der Waals surface area contributed by atoms with Crippen LogP contribution in [0.1, 0.15) is 64.7 Å². The largest absolute Gasteiger partial charge is 0.324 e. The third-order valence-corrected chi connectivity index (χ3v) is 7.27. The van der Waals surface area contributed by atoms with Gasteiger partial charge < -0.3 is 4.90 Å².